The molecule has 1 heterocycles. The standard InChI is InChI=1S/C17H20ClN3O5S2/c1-4-21(5-2)28(24,25)11-7-8-13(18)12(9-11)15(22)20-17-19-14(10-27-17)16(23)26-6-3/h7-10H,4-6H2,1-3H3,(H,19,20,22). The number of hydrogen-bond acceptors (Lipinski definition) is 7. The number of nitrogens with zero attached hydrogens (tertiary/aromatic N) is 2. The predicted octanol–water partition coefficient (Wildman–Crippen LogP) is 3.26. The molecular weight excluding hydrogens is 426 g/mol. The first-order valence-electron chi connectivity index (χ1n) is 8.48. The van der Waals surface area contributed by atoms with E-state index in [4.69, 9.17) is 16.3 Å². The van der Waals surface area contributed by atoms with Gasteiger partial charge in [0.15, 0.2) is 10.8 Å². The molecule has 11 heteroatoms. The summed E-state index contributed by atoms with van der Waals surface area (Å²) in [5.41, 5.74) is 0.0638. The van der Waals surface area contributed by atoms with E-state index in [-0.39, 0.29) is 32.9 Å². The summed E-state index contributed by atoms with van der Waals surface area (Å²) < 4.78 is 31.5. The molecule has 28 heavy (non-hydrogen) atoms. The lowest BCUT2D eigenvalue weighted by Gasteiger charge is -2.19. The lowest BCUT2D eigenvalue weighted by atomic mass is 10.2. The number of thiazole rings is 1. The third-order valence-electron chi connectivity index (χ3n) is 3.73. The Morgan fingerprint density at radius 1 is 1.25 bits per heavy atom. The highest BCUT2D eigenvalue weighted by atomic mass is 35.5. The molecule has 8 nitrogen and oxygen atoms in total. The van der Waals surface area contributed by atoms with E-state index in [0.29, 0.717) is 13.1 Å². The molecule has 0 aliphatic carbocycles. The van der Waals surface area contributed by atoms with Gasteiger partial charge in [-0.2, -0.15) is 4.31 Å². The van der Waals surface area contributed by atoms with Crippen LogP contribution in [0.15, 0.2) is 28.5 Å². The summed E-state index contributed by atoms with van der Waals surface area (Å²) in [6.07, 6.45) is 0. The Kier molecular flexibility index (Phi) is 7.53. The number of amides is 1. The number of carbonyl (C=O) groups is 2. The average molecular weight is 446 g/mol. The van der Waals surface area contributed by atoms with Crippen molar-refractivity contribution in [1.29, 1.82) is 0 Å². The van der Waals surface area contributed by atoms with Gasteiger partial charge in [-0.05, 0) is 25.1 Å². The molecule has 0 radical (unpaired) electrons. The molecule has 1 aromatic carbocycles. The zero-order chi connectivity index (χ0) is 20.9. The number of benzene rings is 1. The third kappa shape index (κ3) is 4.88. The number of esters is 1. The summed E-state index contributed by atoms with van der Waals surface area (Å²) >= 11 is 7.13. The van der Waals surface area contributed by atoms with Crippen molar-refractivity contribution >= 4 is 50.0 Å². The maximum atomic E-state index is 12.7. The van der Waals surface area contributed by atoms with Crippen LogP contribution >= 0.6 is 22.9 Å². The maximum Gasteiger partial charge on any atom is 0.357 e. The molecule has 0 bridgehead atoms. The Hall–Kier alpha value is -2.01. The fraction of sp³-hybridized carbons (Fsp3) is 0.353. The summed E-state index contributed by atoms with van der Waals surface area (Å²) in [6, 6.07) is 3.94. The molecule has 0 saturated carbocycles. The highest BCUT2D eigenvalue weighted by Crippen LogP contribution is 2.25. The molecule has 1 N–H and O–H groups in total. The molecule has 0 aliphatic heterocycles. The summed E-state index contributed by atoms with van der Waals surface area (Å²) in [5.74, 6) is -1.23. The second-order valence-corrected chi connectivity index (χ2v) is 8.65. The molecular formula is C17H20ClN3O5S2. The van der Waals surface area contributed by atoms with Crippen LogP contribution in [0.4, 0.5) is 5.13 Å². The topological polar surface area (TPSA) is 106 Å². The Morgan fingerprint density at radius 3 is 2.54 bits per heavy atom. The predicted molar refractivity (Wildman–Crippen MR) is 108 cm³/mol. The fourth-order valence-corrected chi connectivity index (χ4v) is 4.71. The molecule has 2 aromatic rings. The van der Waals surface area contributed by atoms with Gasteiger partial charge in [-0.25, -0.2) is 18.2 Å². The van der Waals surface area contributed by atoms with Gasteiger partial charge in [-0.15, -0.1) is 11.3 Å². The van der Waals surface area contributed by atoms with E-state index in [1.54, 1.807) is 20.8 Å². The van der Waals surface area contributed by atoms with E-state index in [1.807, 2.05) is 0 Å². The molecule has 0 aliphatic rings. The minimum absolute atomic E-state index is 0.0113. The SMILES string of the molecule is CCOC(=O)c1csc(NC(=O)c2cc(S(=O)(=O)N(CC)CC)ccc2Cl)n1. The molecule has 1 aromatic heterocycles. The molecule has 0 unspecified atom stereocenters. The fourth-order valence-electron chi connectivity index (χ4n) is 2.35. The lowest BCUT2D eigenvalue weighted by molar-refractivity contribution is 0.0520. The van der Waals surface area contributed by atoms with Crippen LogP contribution in [-0.2, 0) is 14.8 Å². The number of aromatic nitrogens is 1. The van der Waals surface area contributed by atoms with E-state index < -0.39 is 21.9 Å². The largest absolute Gasteiger partial charge is 0.461 e. The maximum absolute atomic E-state index is 12.7. The first-order valence-corrected chi connectivity index (χ1v) is 11.2. The van der Waals surface area contributed by atoms with Crippen molar-refractivity contribution < 1.29 is 22.7 Å². The molecule has 152 valence electrons. The van der Waals surface area contributed by atoms with E-state index in [9.17, 15) is 18.0 Å². The van der Waals surface area contributed by atoms with Crippen LogP contribution in [0.1, 0.15) is 41.6 Å². The van der Waals surface area contributed by atoms with Crippen molar-refractivity contribution in [2.24, 2.45) is 0 Å². The van der Waals surface area contributed by atoms with Gasteiger partial charge in [0, 0.05) is 18.5 Å². The Morgan fingerprint density at radius 2 is 1.93 bits per heavy atom. The van der Waals surface area contributed by atoms with Crippen LogP contribution < -0.4 is 5.32 Å². The lowest BCUT2D eigenvalue weighted by Crippen LogP contribution is -2.30. The van der Waals surface area contributed by atoms with Crippen molar-refractivity contribution in [1.82, 2.24) is 9.29 Å². The number of halogens is 1. The summed E-state index contributed by atoms with van der Waals surface area (Å²) in [7, 11) is -3.74. The smallest absolute Gasteiger partial charge is 0.357 e. The summed E-state index contributed by atoms with van der Waals surface area (Å²) in [5, 5.41) is 4.24. The van der Waals surface area contributed by atoms with E-state index in [2.05, 4.69) is 10.3 Å². The van der Waals surface area contributed by atoms with Crippen molar-refractivity contribution in [2.75, 3.05) is 25.0 Å². The highest BCUT2D eigenvalue weighted by Gasteiger charge is 2.24. The van der Waals surface area contributed by atoms with Crippen LogP contribution in [0.2, 0.25) is 5.02 Å². The van der Waals surface area contributed by atoms with Crippen LogP contribution in [0.5, 0.6) is 0 Å². The van der Waals surface area contributed by atoms with Gasteiger partial charge in [0.05, 0.1) is 22.1 Å². The normalized spacial score (nSPS) is 11.5. The Labute approximate surface area is 172 Å². The molecule has 0 atom stereocenters. The van der Waals surface area contributed by atoms with Crippen LogP contribution in [-0.4, -0.2) is 49.3 Å². The monoisotopic (exact) mass is 445 g/mol. The molecule has 0 fully saturated rings. The zero-order valence-electron chi connectivity index (χ0n) is 15.6. The van der Waals surface area contributed by atoms with Crippen molar-refractivity contribution in [3.8, 4) is 0 Å². The van der Waals surface area contributed by atoms with E-state index >= 15 is 0 Å². The number of anilines is 1. The van der Waals surface area contributed by atoms with Gasteiger partial charge in [0.1, 0.15) is 0 Å². The van der Waals surface area contributed by atoms with Gasteiger partial charge in [-0.3, -0.25) is 10.1 Å². The van der Waals surface area contributed by atoms with Gasteiger partial charge in [0.2, 0.25) is 10.0 Å². The van der Waals surface area contributed by atoms with Crippen LogP contribution in [0.25, 0.3) is 0 Å². The number of ether oxygens (including phenoxy) is 1. The molecule has 1 amide bonds. The van der Waals surface area contributed by atoms with Crippen molar-refractivity contribution in [2.45, 2.75) is 25.7 Å². The molecule has 0 spiro atoms. The second-order valence-electron chi connectivity index (χ2n) is 5.44. The van der Waals surface area contributed by atoms with Crippen LogP contribution in [0, 0.1) is 0 Å². The number of rotatable bonds is 8. The number of hydrogen-bond donors (Lipinski definition) is 1. The third-order valence-corrected chi connectivity index (χ3v) is 6.87. The van der Waals surface area contributed by atoms with Crippen LogP contribution in [0.3, 0.4) is 0 Å². The Bertz CT molecular complexity index is 971. The minimum atomic E-state index is -3.74. The van der Waals surface area contributed by atoms with Crippen molar-refractivity contribution in [3.63, 3.8) is 0 Å². The van der Waals surface area contributed by atoms with Gasteiger partial charge in [0.25, 0.3) is 5.91 Å². The highest BCUT2D eigenvalue weighted by molar-refractivity contribution is 7.89. The average Bonchev–Trinajstić information content (AvgIpc) is 3.11. The summed E-state index contributed by atoms with van der Waals surface area (Å²) in [6.45, 7) is 5.95. The Balaban J connectivity index is 2.28. The van der Waals surface area contributed by atoms with Gasteiger partial charge < -0.3 is 4.74 Å². The quantitative estimate of drug-likeness (QED) is 0.625. The minimum Gasteiger partial charge on any atom is -0.461 e. The summed E-state index contributed by atoms with van der Waals surface area (Å²) in [4.78, 5) is 28.2. The van der Waals surface area contributed by atoms with Gasteiger partial charge in [-0.1, -0.05) is 25.4 Å². The number of sulfonamides is 1. The molecule has 0 saturated heterocycles. The number of carbonyl (C=O) groups excluding carboxylic acids is 2. The van der Waals surface area contributed by atoms with Gasteiger partial charge >= 0.3 is 5.97 Å². The van der Waals surface area contributed by atoms with Crippen molar-refractivity contribution in [3.05, 3.63) is 39.9 Å². The first kappa shape index (κ1) is 22.3. The van der Waals surface area contributed by atoms with E-state index in [0.717, 1.165) is 11.3 Å². The molecule has 2 rings (SSSR count). The number of nitrogens with one attached hydrogen (secondary N) is 1. The first-order chi connectivity index (χ1) is 13.2. The zero-order valence-corrected chi connectivity index (χ0v) is 17.9. The second kappa shape index (κ2) is 9.46. The van der Waals surface area contributed by atoms with E-state index in [1.165, 1.54) is 27.9 Å².